The van der Waals surface area contributed by atoms with Crippen molar-refractivity contribution in [1.82, 2.24) is 14.7 Å². The van der Waals surface area contributed by atoms with Crippen LogP contribution in [0.15, 0.2) is 17.8 Å². The van der Waals surface area contributed by atoms with Crippen molar-refractivity contribution in [3.05, 3.63) is 23.5 Å². The maximum absolute atomic E-state index is 4.56. The standard InChI is InChI=1S/C13H21N3S/c1-10(2)4-5-11(3)14-8-12-9-16-6-7-17-13(16)15-12/h6-7,9-11,14H,4-5,8H2,1-3H3. The molecule has 0 radical (unpaired) electrons. The van der Waals surface area contributed by atoms with Gasteiger partial charge in [0.2, 0.25) is 0 Å². The summed E-state index contributed by atoms with van der Waals surface area (Å²) in [6.45, 7) is 7.67. The highest BCUT2D eigenvalue weighted by Gasteiger charge is 2.06. The fraction of sp³-hybridized carbons (Fsp3) is 0.615. The van der Waals surface area contributed by atoms with Crippen molar-refractivity contribution in [2.45, 2.75) is 46.2 Å². The first kappa shape index (κ1) is 12.6. The molecule has 0 aliphatic heterocycles. The van der Waals surface area contributed by atoms with Gasteiger partial charge in [-0.05, 0) is 25.7 Å². The van der Waals surface area contributed by atoms with Crippen LogP contribution in [-0.2, 0) is 6.54 Å². The van der Waals surface area contributed by atoms with Crippen molar-refractivity contribution < 1.29 is 0 Å². The van der Waals surface area contributed by atoms with Crippen LogP contribution in [0, 0.1) is 5.92 Å². The van der Waals surface area contributed by atoms with Gasteiger partial charge in [0.25, 0.3) is 0 Å². The molecule has 0 spiro atoms. The lowest BCUT2D eigenvalue weighted by Gasteiger charge is -2.13. The molecule has 4 heteroatoms. The highest BCUT2D eigenvalue weighted by atomic mass is 32.1. The number of hydrogen-bond donors (Lipinski definition) is 1. The van der Waals surface area contributed by atoms with Crippen LogP contribution in [0.2, 0.25) is 0 Å². The summed E-state index contributed by atoms with van der Waals surface area (Å²) in [5, 5.41) is 5.59. The topological polar surface area (TPSA) is 29.3 Å². The van der Waals surface area contributed by atoms with E-state index in [1.54, 1.807) is 11.3 Å². The Bertz CT molecular complexity index is 429. The largest absolute Gasteiger partial charge is 0.309 e. The molecule has 17 heavy (non-hydrogen) atoms. The number of nitrogens with zero attached hydrogens (tertiary/aromatic N) is 2. The van der Waals surface area contributed by atoms with Crippen LogP contribution in [0.25, 0.3) is 4.96 Å². The molecule has 0 bridgehead atoms. The van der Waals surface area contributed by atoms with Crippen molar-refractivity contribution >= 4 is 16.3 Å². The van der Waals surface area contributed by atoms with Crippen LogP contribution in [0.3, 0.4) is 0 Å². The number of rotatable bonds is 6. The Kier molecular flexibility index (Phi) is 4.18. The molecule has 3 nitrogen and oxygen atoms in total. The fourth-order valence-corrected chi connectivity index (χ4v) is 2.54. The maximum Gasteiger partial charge on any atom is 0.193 e. The highest BCUT2D eigenvalue weighted by molar-refractivity contribution is 7.15. The number of nitrogens with one attached hydrogen (secondary N) is 1. The molecule has 2 aromatic heterocycles. The Morgan fingerprint density at radius 1 is 1.35 bits per heavy atom. The SMILES string of the molecule is CC(C)CCC(C)NCc1cn2ccsc2n1. The third-order valence-corrected chi connectivity index (χ3v) is 3.72. The van der Waals surface area contributed by atoms with Gasteiger partial charge in [0.05, 0.1) is 5.69 Å². The van der Waals surface area contributed by atoms with E-state index in [9.17, 15) is 0 Å². The van der Waals surface area contributed by atoms with Crippen LogP contribution in [-0.4, -0.2) is 15.4 Å². The number of fused-ring (bicyclic) bond motifs is 1. The summed E-state index contributed by atoms with van der Waals surface area (Å²) in [5.41, 5.74) is 1.13. The van der Waals surface area contributed by atoms with E-state index in [-0.39, 0.29) is 0 Å². The molecule has 1 N–H and O–H groups in total. The first-order chi connectivity index (χ1) is 8.15. The van der Waals surface area contributed by atoms with Gasteiger partial charge in [0, 0.05) is 30.4 Å². The van der Waals surface area contributed by atoms with Crippen molar-refractivity contribution in [3.63, 3.8) is 0 Å². The van der Waals surface area contributed by atoms with Gasteiger partial charge < -0.3 is 5.32 Å². The summed E-state index contributed by atoms with van der Waals surface area (Å²) in [6.07, 6.45) is 6.68. The Labute approximate surface area is 107 Å². The molecular formula is C13H21N3S. The van der Waals surface area contributed by atoms with E-state index < -0.39 is 0 Å². The molecule has 0 aromatic carbocycles. The monoisotopic (exact) mass is 251 g/mol. The van der Waals surface area contributed by atoms with Gasteiger partial charge in [0.15, 0.2) is 4.96 Å². The average Bonchev–Trinajstić information content (AvgIpc) is 2.83. The minimum Gasteiger partial charge on any atom is -0.309 e. The molecule has 94 valence electrons. The number of hydrogen-bond acceptors (Lipinski definition) is 3. The Morgan fingerprint density at radius 2 is 2.18 bits per heavy atom. The predicted molar refractivity (Wildman–Crippen MR) is 73.4 cm³/mol. The van der Waals surface area contributed by atoms with Gasteiger partial charge >= 0.3 is 0 Å². The molecule has 0 saturated heterocycles. The van der Waals surface area contributed by atoms with E-state index in [0.29, 0.717) is 6.04 Å². The van der Waals surface area contributed by atoms with E-state index in [2.05, 4.69) is 53.2 Å². The van der Waals surface area contributed by atoms with Crippen molar-refractivity contribution in [2.75, 3.05) is 0 Å². The molecule has 0 aliphatic carbocycles. The maximum atomic E-state index is 4.56. The lowest BCUT2D eigenvalue weighted by Crippen LogP contribution is -2.25. The molecular weight excluding hydrogens is 230 g/mol. The van der Waals surface area contributed by atoms with Crippen molar-refractivity contribution in [2.24, 2.45) is 5.92 Å². The zero-order valence-electron chi connectivity index (χ0n) is 10.8. The second-order valence-electron chi connectivity index (χ2n) is 5.08. The summed E-state index contributed by atoms with van der Waals surface area (Å²) in [6, 6.07) is 0.567. The summed E-state index contributed by atoms with van der Waals surface area (Å²) >= 11 is 1.68. The molecule has 1 atom stereocenters. The van der Waals surface area contributed by atoms with Crippen molar-refractivity contribution in [1.29, 1.82) is 0 Å². The van der Waals surface area contributed by atoms with E-state index in [0.717, 1.165) is 23.1 Å². The zero-order chi connectivity index (χ0) is 12.3. The van der Waals surface area contributed by atoms with Crippen LogP contribution >= 0.6 is 11.3 Å². The zero-order valence-corrected chi connectivity index (χ0v) is 11.6. The number of aromatic nitrogens is 2. The van der Waals surface area contributed by atoms with Crippen LogP contribution in [0.1, 0.15) is 39.3 Å². The molecule has 0 amide bonds. The van der Waals surface area contributed by atoms with Crippen molar-refractivity contribution in [3.8, 4) is 0 Å². The van der Waals surface area contributed by atoms with Crippen LogP contribution < -0.4 is 5.32 Å². The minimum absolute atomic E-state index is 0.567. The summed E-state index contributed by atoms with van der Waals surface area (Å²) in [4.78, 5) is 5.64. The molecule has 2 heterocycles. The van der Waals surface area contributed by atoms with E-state index in [1.165, 1.54) is 12.8 Å². The van der Waals surface area contributed by atoms with Crippen LogP contribution in [0.4, 0.5) is 0 Å². The second kappa shape index (κ2) is 5.65. The fourth-order valence-electron chi connectivity index (χ4n) is 1.83. The quantitative estimate of drug-likeness (QED) is 0.853. The van der Waals surface area contributed by atoms with E-state index in [4.69, 9.17) is 0 Å². The van der Waals surface area contributed by atoms with Crippen LogP contribution in [0.5, 0.6) is 0 Å². The van der Waals surface area contributed by atoms with E-state index >= 15 is 0 Å². The normalized spacial score (nSPS) is 13.6. The number of imidazole rings is 1. The average molecular weight is 251 g/mol. The lowest BCUT2D eigenvalue weighted by molar-refractivity contribution is 0.449. The Morgan fingerprint density at radius 3 is 2.88 bits per heavy atom. The highest BCUT2D eigenvalue weighted by Crippen LogP contribution is 2.12. The smallest absolute Gasteiger partial charge is 0.193 e. The van der Waals surface area contributed by atoms with Gasteiger partial charge in [0.1, 0.15) is 0 Å². The van der Waals surface area contributed by atoms with Gasteiger partial charge in [-0.15, -0.1) is 11.3 Å². The van der Waals surface area contributed by atoms with Gasteiger partial charge in [-0.3, -0.25) is 4.40 Å². The number of thiazole rings is 1. The Hall–Kier alpha value is -0.870. The molecule has 2 aromatic rings. The predicted octanol–water partition coefficient (Wildman–Crippen LogP) is 3.31. The molecule has 1 unspecified atom stereocenters. The summed E-state index contributed by atoms with van der Waals surface area (Å²) in [7, 11) is 0. The molecule has 2 rings (SSSR count). The second-order valence-corrected chi connectivity index (χ2v) is 5.95. The molecule has 0 fully saturated rings. The lowest BCUT2D eigenvalue weighted by atomic mass is 10.0. The Balaban J connectivity index is 1.79. The summed E-state index contributed by atoms with van der Waals surface area (Å²) < 4.78 is 2.08. The van der Waals surface area contributed by atoms with Gasteiger partial charge in [-0.1, -0.05) is 13.8 Å². The molecule has 0 saturated carbocycles. The van der Waals surface area contributed by atoms with Gasteiger partial charge in [-0.2, -0.15) is 0 Å². The minimum atomic E-state index is 0.567. The third-order valence-electron chi connectivity index (χ3n) is 2.95. The van der Waals surface area contributed by atoms with Gasteiger partial charge in [-0.25, -0.2) is 4.98 Å². The first-order valence-electron chi connectivity index (χ1n) is 6.29. The third kappa shape index (κ3) is 3.54. The summed E-state index contributed by atoms with van der Waals surface area (Å²) in [5.74, 6) is 0.789. The molecule has 0 aliphatic rings. The first-order valence-corrected chi connectivity index (χ1v) is 7.17. The van der Waals surface area contributed by atoms with E-state index in [1.807, 2.05) is 0 Å².